The van der Waals surface area contributed by atoms with Crippen LogP contribution < -0.4 is 9.46 Å². The van der Waals surface area contributed by atoms with E-state index in [0.717, 1.165) is 5.56 Å². The summed E-state index contributed by atoms with van der Waals surface area (Å²) in [7, 11) is -1.74. The van der Waals surface area contributed by atoms with Crippen molar-refractivity contribution in [3.63, 3.8) is 0 Å². The molecule has 108 valence electrons. The normalized spacial score (nSPS) is 11.5. The van der Waals surface area contributed by atoms with E-state index in [-0.39, 0.29) is 11.4 Å². The minimum atomic E-state index is -3.52. The van der Waals surface area contributed by atoms with Gasteiger partial charge in [-0.25, -0.2) is 13.1 Å². The lowest BCUT2D eigenvalue weighted by Gasteiger charge is -2.07. The molecule has 20 heavy (non-hydrogen) atoms. The van der Waals surface area contributed by atoms with Gasteiger partial charge in [0.05, 0.1) is 17.7 Å². The number of rotatable bonds is 6. The number of benzene rings is 1. The molecular formula is C13H17N3O3S. The molecule has 0 amide bonds. The lowest BCUT2D eigenvalue weighted by atomic mass is 10.3. The lowest BCUT2D eigenvalue weighted by molar-refractivity contribution is 0.340. The molecule has 0 aliphatic heterocycles. The maximum Gasteiger partial charge on any atom is 0.240 e. The molecule has 0 fully saturated rings. The van der Waals surface area contributed by atoms with Gasteiger partial charge in [0.25, 0.3) is 0 Å². The molecule has 2 aromatic rings. The summed E-state index contributed by atoms with van der Waals surface area (Å²) in [4.78, 5) is 0.213. The summed E-state index contributed by atoms with van der Waals surface area (Å²) in [5.41, 5.74) is 0.807. The molecule has 0 spiro atoms. The van der Waals surface area contributed by atoms with Gasteiger partial charge in [-0.1, -0.05) is 0 Å². The molecule has 0 unspecified atom stereocenters. The maximum absolute atomic E-state index is 12.1. The third-order valence-corrected chi connectivity index (χ3v) is 4.09. The van der Waals surface area contributed by atoms with Crippen molar-refractivity contribution < 1.29 is 13.2 Å². The number of sulfonamides is 1. The first-order chi connectivity index (χ1) is 9.51. The molecule has 1 aromatic carbocycles. The van der Waals surface area contributed by atoms with E-state index >= 15 is 0 Å². The van der Waals surface area contributed by atoms with Crippen LogP contribution in [0.4, 0.5) is 0 Å². The van der Waals surface area contributed by atoms with Gasteiger partial charge in [-0.3, -0.25) is 4.68 Å². The van der Waals surface area contributed by atoms with Crippen molar-refractivity contribution in [1.29, 1.82) is 0 Å². The number of aromatic nitrogens is 2. The minimum absolute atomic E-state index is 0.212. The summed E-state index contributed by atoms with van der Waals surface area (Å²) in [6.07, 6.45) is 3.39. The second kappa shape index (κ2) is 6.06. The van der Waals surface area contributed by atoms with Crippen LogP contribution in [0.1, 0.15) is 12.5 Å². The van der Waals surface area contributed by atoms with Crippen LogP contribution in [0.5, 0.6) is 5.75 Å². The molecule has 0 aliphatic carbocycles. The topological polar surface area (TPSA) is 73.2 Å². The number of nitrogens with zero attached hydrogens (tertiary/aromatic N) is 2. The van der Waals surface area contributed by atoms with Gasteiger partial charge < -0.3 is 4.74 Å². The lowest BCUT2D eigenvalue weighted by Crippen LogP contribution is -2.23. The van der Waals surface area contributed by atoms with Crippen molar-refractivity contribution in [3.8, 4) is 5.75 Å². The zero-order chi connectivity index (χ0) is 14.6. The van der Waals surface area contributed by atoms with Crippen LogP contribution in [0.3, 0.4) is 0 Å². The Hall–Kier alpha value is -1.86. The number of hydrogen-bond donors (Lipinski definition) is 1. The molecule has 0 radical (unpaired) electrons. The van der Waals surface area contributed by atoms with Gasteiger partial charge >= 0.3 is 0 Å². The summed E-state index contributed by atoms with van der Waals surface area (Å²) in [5.74, 6) is 0.652. The third-order valence-electron chi connectivity index (χ3n) is 2.67. The summed E-state index contributed by atoms with van der Waals surface area (Å²) in [6, 6.07) is 6.33. The zero-order valence-electron chi connectivity index (χ0n) is 11.4. The summed E-state index contributed by atoms with van der Waals surface area (Å²) >= 11 is 0. The number of hydrogen-bond acceptors (Lipinski definition) is 4. The number of aryl methyl sites for hydroxylation is 1. The van der Waals surface area contributed by atoms with E-state index in [4.69, 9.17) is 4.74 Å². The maximum atomic E-state index is 12.1. The standard InChI is InChI=1S/C13H17N3O3S/c1-3-19-12-4-6-13(7-5-12)20(17,18)15-9-11-8-14-16(2)10-11/h4-8,10,15H,3,9H2,1-2H3. The fraction of sp³-hybridized carbons (Fsp3) is 0.308. The van der Waals surface area contributed by atoms with E-state index in [9.17, 15) is 8.42 Å². The minimum Gasteiger partial charge on any atom is -0.494 e. The Balaban J connectivity index is 2.05. The van der Waals surface area contributed by atoms with Crippen LogP contribution in [-0.2, 0) is 23.6 Å². The predicted molar refractivity (Wildman–Crippen MR) is 74.8 cm³/mol. The smallest absolute Gasteiger partial charge is 0.240 e. The Kier molecular flexibility index (Phi) is 4.41. The SMILES string of the molecule is CCOc1ccc(S(=O)(=O)NCc2cnn(C)c2)cc1. The van der Waals surface area contributed by atoms with Crippen LogP contribution in [0.25, 0.3) is 0 Å². The van der Waals surface area contributed by atoms with E-state index in [1.807, 2.05) is 6.92 Å². The summed E-state index contributed by atoms with van der Waals surface area (Å²) in [5, 5.41) is 3.99. The van der Waals surface area contributed by atoms with Gasteiger partial charge in [0.1, 0.15) is 5.75 Å². The van der Waals surface area contributed by atoms with Crippen molar-refractivity contribution in [2.24, 2.45) is 7.05 Å². The molecule has 6 nitrogen and oxygen atoms in total. The highest BCUT2D eigenvalue weighted by molar-refractivity contribution is 7.89. The number of ether oxygens (including phenoxy) is 1. The largest absolute Gasteiger partial charge is 0.494 e. The highest BCUT2D eigenvalue weighted by Gasteiger charge is 2.13. The van der Waals surface area contributed by atoms with Gasteiger partial charge in [-0.15, -0.1) is 0 Å². The molecule has 1 aromatic heterocycles. The van der Waals surface area contributed by atoms with Crippen LogP contribution in [0.2, 0.25) is 0 Å². The first-order valence-corrected chi connectivity index (χ1v) is 7.69. The first kappa shape index (κ1) is 14.5. The second-order valence-electron chi connectivity index (χ2n) is 4.25. The van der Waals surface area contributed by atoms with E-state index in [2.05, 4.69) is 9.82 Å². The zero-order valence-corrected chi connectivity index (χ0v) is 12.2. The van der Waals surface area contributed by atoms with E-state index < -0.39 is 10.0 Å². The third kappa shape index (κ3) is 3.58. The van der Waals surface area contributed by atoms with Crippen LogP contribution >= 0.6 is 0 Å². The molecule has 1 heterocycles. The molecule has 0 aliphatic rings. The predicted octanol–water partition coefficient (Wildman–Crippen LogP) is 1.30. The van der Waals surface area contributed by atoms with Crippen LogP contribution in [0, 0.1) is 0 Å². The first-order valence-electron chi connectivity index (χ1n) is 6.21. The van der Waals surface area contributed by atoms with Crippen LogP contribution in [-0.4, -0.2) is 24.8 Å². The fourth-order valence-electron chi connectivity index (χ4n) is 1.71. The van der Waals surface area contributed by atoms with E-state index in [0.29, 0.717) is 12.4 Å². The highest BCUT2D eigenvalue weighted by atomic mass is 32.2. The van der Waals surface area contributed by atoms with Gasteiger partial charge in [-0.05, 0) is 31.2 Å². The van der Waals surface area contributed by atoms with Crippen LogP contribution in [0.15, 0.2) is 41.6 Å². The fourth-order valence-corrected chi connectivity index (χ4v) is 2.72. The van der Waals surface area contributed by atoms with Crippen molar-refractivity contribution in [2.75, 3.05) is 6.61 Å². The molecular weight excluding hydrogens is 278 g/mol. The summed E-state index contributed by atoms with van der Waals surface area (Å²) < 4.78 is 33.6. The van der Waals surface area contributed by atoms with Crippen molar-refractivity contribution >= 4 is 10.0 Å². The number of nitrogens with one attached hydrogen (secondary N) is 1. The monoisotopic (exact) mass is 295 g/mol. The molecule has 0 saturated heterocycles. The average Bonchev–Trinajstić information content (AvgIpc) is 2.84. The van der Waals surface area contributed by atoms with Gasteiger partial charge in [0.15, 0.2) is 0 Å². The molecule has 7 heteroatoms. The Labute approximate surface area is 118 Å². The van der Waals surface area contributed by atoms with Crippen molar-refractivity contribution in [1.82, 2.24) is 14.5 Å². The quantitative estimate of drug-likeness (QED) is 0.871. The Morgan fingerprint density at radius 1 is 1.30 bits per heavy atom. The van der Waals surface area contributed by atoms with Gasteiger partial charge in [0.2, 0.25) is 10.0 Å². The highest BCUT2D eigenvalue weighted by Crippen LogP contribution is 2.16. The van der Waals surface area contributed by atoms with E-state index in [1.165, 1.54) is 12.1 Å². The Morgan fingerprint density at radius 3 is 2.55 bits per heavy atom. The van der Waals surface area contributed by atoms with Crippen molar-refractivity contribution in [3.05, 3.63) is 42.2 Å². The molecule has 0 bridgehead atoms. The Morgan fingerprint density at radius 2 is 2.00 bits per heavy atom. The van der Waals surface area contributed by atoms with Crippen molar-refractivity contribution in [2.45, 2.75) is 18.4 Å². The van der Waals surface area contributed by atoms with E-state index in [1.54, 1.807) is 36.3 Å². The van der Waals surface area contributed by atoms with Gasteiger partial charge in [0, 0.05) is 25.4 Å². The second-order valence-corrected chi connectivity index (χ2v) is 6.02. The average molecular weight is 295 g/mol. The molecule has 2 rings (SSSR count). The van der Waals surface area contributed by atoms with Gasteiger partial charge in [-0.2, -0.15) is 5.10 Å². The summed E-state index contributed by atoms with van der Waals surface area (Å²) in [6.45, 7) is 2.63. The molecule has 0 saturated carbocycles. The Bertz CT molecular complexity index is 662. The molecule has 1 N–H and O–H groups in total. The molecule has 0 atom stereocenters.